The van der Waals surface area contributed by atoms with E-state index in [1.165, 1.54) is 34.1 Å². The van der Waals surface area contributed by atoms with Crippen molar-refractivity contribution in [2.45, 2.75) is 30.4 Å². The Hall–Kier alpha value is -1.75. The molecule has 0 radical (unpaired) electrons. The lowest BCUT2D eigenvalue weighted by Crippen LogP contribution is -2.22. The first-order valence-electron chi connectivity index (χ1n) is 9.47. The SMILES string of the molecule is CC(=O)OCCCN(C)CC/C=C1/c2ccccc2CSc2ccccc21.Cl. The predicted molar refractivity (Wildman–Crippen MR) is 120 cm³/mol. The molecule has 0 saturated heterocycles. The summed E-state index contributed by atoms with van der Waals surface area (Å²) in [4.78, 5) is 14.5. The molecule has 0 spiro atoms. The summed E-state index contributed by atoms with van der Waals surface area (Å²) in [5.74, 6) is 0.812. The van der Waals surface area contributed by atoms with E-state index < -0.39 is 0 Å². The molecule has 1 heterocycles. The Morgan fingerprint density at radius 1 is 1.11 bits per heavy atom. The van der Waals surface area contributed by atoms with E-state index in [-0.39, 0.29) is 18.4 Å². The number of ether oxygens (including phenoxy) is 1. The van der Waals surface area contributed by atoms with Crippen LogP contribution in [0.2, 0.25) is 0 Å². The third kappa shape index (κ3) is 6.13. The summed E-state index contributed by atoms with van der Waals surface area (Å²) in [6.07, 6.45) is 4.24. The van der Waals surface area contributed by atoms with Crippen molar-refractivity contribution in [1.29, 1.82) is 0 Å². The largest absolute Gasteiger partial charge is 0.466 e. The van der Waals surface area contributed by atoms with Crippen LogP contribution in [0, 0.1) is 0 Å². The summed E-state index contributed by atoms with van der Waals surface area (Å²) in [5, 5.41) is 0. The van der Waals surface area contributed by atoms with Gasteiger partial charge in [-0.15, -0.1) is 24.2 Å². The number of fused-ring (bicyclic) bond motifs is 2. The molecule has 150 valence electrons. The van der Waals surface area contributed by atoms with Crippen LogP contribution in [-0.2, 0) is 15.3 Å². The number of halogens is 1. The second kappa shape index (κ2) is 11.3. The van der Waals surface area contributed by atoms with E-state index in [2.05, 4.69) is 66.6 Å². The van der Waals surface area contributed by atoms with Gasteiger partial charge in [0.25, 0.3) is 0 Å². The molecule has 3 rings (SSSR count). The minimum Gasteiger partial charge on any atom is -0.466 e. The van der Waals surface area contributed by atoms with Gasteiger partial charge in [0, 0.05) is 30.7 Å². The molecular weight excluding hydrogens is 390 g/mol. The number of carbonyl (C=O) groups is 1. The highest BCUT2D eigenvalue weighted by atomic mass is 35.5. The average Bonchev–Trinajstić information content (AvgIpc) is 2.83. The van der Waals surface area contributed by atoms with Crippen molar-refractivity contribution < 1.29 is 9.53 Å². The minimum absolute atomic E-state index is 0. The van der Waals surface area contributed by atoms with Gasteiger partial charge in [-0.25, -0.2) is 0 Å². The van der Waals surface area contributed by atoms with E-state index in [4.69, 9.17) is 4.74 Å². The lowest BCUT2D eigenvalue weighted by Gasteiger charge is -2.16. The van der Waals surface area contributed by atoms with Crippen LogP contribution in [0.3, 0.4) is 0 Å². The molecule has 3 nitrogen and oxygen atoms in total. The number of benzene rings is 2. The molecule has 0 atom stereocenters. The Morgan fingerprint density at radius 3 is 2.61 bits per heavy atom. The van der Waals surface area contributed by atoms with Crippen LogP contribution in [-0.4, -0.2) is 37.6 Å². The van der Waals surface area contributed by atoms with E-state index in [1.54, 1.807) is 0 Å². The van der Waals surface area contributed by atoms with E-state index in [9.17, 15) is 4.79 Å². The van der Waals surface area contributed by atoms with E-state index in [0.717, 1.165) is 31.7 Å². The minimum atomic E-state index is -0.203. The summed E-state index contributed by atoms with van der Waals surface area (Å²) in [5.41, 5.74) is 5.44. The van der Waals surface area contributed by atoms with Crippen LogP contribution in [0.15, 0.2) is 59.5 Å². The molecule has 0 fully saturated rings. The second-order valence-corrected chi connectivity index (χ2v) is 7.86. The molecule has 0 aromatic heterocycles. The van der Waals surface area contributed by atoms with Crippen molar-refractivity contribution in [3.63, 3.8) is 0 Å². The van der Waals surface area contributed by atoms with Crippen LogP contribution >= 0.6 is 24.2 Å². The maximum absolute atomic E-state index is 10.8. The van der Waals surface area contributed by atoms with Crippen molar-refractivity contribution in [3.05, 3.63) is 71.3 Å². The van der Waals surface area contributed by atoms with Gasteiger partial charge in [-0.2, -0.15) is 0 Å². The number of esters is 1. The standard InChI is InChI=1S/C23H27NO2S.ClH/c1-18(25)26-16-8-15-24(2)14-7-12-21-20-10-4-3-9-19(20)17-27-23-13-6-5-11-22(21)23;/h3-6,9-13H,7-8,14-17H2,1-2H3;1H/b21-12-;. The molecule has 2 aromatic rings. The Bertz CT molecular complexity index is 772. The second-order valence-electron chi connectivity index (χ2n) is 6.85. The highest BCUT2D eigenvalue weighted by Crippen LogP contribution is 2.39. The molecule has 1 aliphatic heterocycles. The van der Waals surface area contributed by atoms with Crippen LogP contribution < -0.4 is 0 Å². The fraction of sp³-hybridized carbons (Fsp3) is 0.348. The molecule has 28 heavy (non-hydrogen) atoms. The number of hydrogen-bond acceptors (Lipinski definition) is 4. The number of thioether (sulfide) groups is 1. The van der Waals surface area contributed by atoms with Crippen LogP contribution in [0.25, 0.3) is 5.57 Å². The normalized spacial score (nSPS) is 14.0. The maximum Gasteiger partial charge on any atom is 0.302 e. The Kier molecular flexibility index (Phi) is 9.10. The van der Waals surface area contributed by atoms with Crippen molar-refractivity contribution in [3.8, 4) is 0 Å². The van der Waals surface area contributed by atoms with Crippen LogP contribution in [0.5, 0.6) is 0 Å². The first-order valence-corrected chi connectivity index (χ1v) is 10.5. The lowest BCUT2D eigenvalue weighted by molar-refractivity contribution is -0.141. The van der Waals surface area contributed by atoms with Gasteiger partial charge in [0.2, 0.25) is 0 Å². The average molecular weight is 418 g/mol. The Labute approximate surface area is 178 Å². The molecule has 0 bridgehead atoms. The molecule has 0 unspecified atom stereocenters. The van der Waals surface area contributed by atoms with E-state index in [1.807, 2.05) is 11.8 Å². The van der Waals surface area contributed by atoms with Crippen molar-refractivity contribution in [2.24, 2.45) is 0 Å². The van der Waals surface area contributed by atoms with Gasteiger partial charge in [-0.05, 0) is 48.2 Å². The Balaban J connectivity index is 0.00000280. The van der Waals surface area contributed by atoms with E-state index >= 15 is 0 Å². The van der Waals surface area contributed by atoms with Crippen molar-refractivity contribution >= 4 is 35.7 Å². The monoisotopic (exact) mass is 417 g/mol. The number of rotatable bonds is 7. The smallest absolute Gasteiger partial charge is 0.302 e. The number of nitrogens with zero attached hydrogens (tertiary/aromatic N) is 1. The van der Waals surface area contributed by atoms with E-state index in [0.29, 0.717) is 6.61 Å². The third-order valence-electron chi connectivity index (χ3n) is 4.72. The van der Waals surface area contributed by atoms with Gasteiger partial charge in [0.15, 0.2) is 0 Å². The topological polar surface area (TPSA) is 29.5 Å². The zero-order chi connectivity index (χ0) is 19.1. The molecular formula is C23H28ClNO2S. The highest BCUT2D eigenvalue weighted by Gasteiger charge is 2.17. The zero-order valence-corrected chi connectivity index (χ0v) is 18.2. The molecule has 2 aromatic carbocycles. The van der Waals surface area contributed by atoms with Crippen molar-refractivity contribution in [1.82, 2.24) is 4.90 Å². The first-order chi connectivity index (χ1) is 13.1. The van der Waals surface area contributed by atoms with Gasteiger partial charge in [-0.3, -0.25) is 4.79 Å². The molecule has 0 N–H and O–H groups in total. The fourth-order valence-corrected chi connectivity index (χ4v) is 4.41. The number of carbonyl (C=O) groups excluding carboxylic acids is 1. The van der Waals surface area contributed by atoms with Gasteiger partial charge >= 0.3 is 5.97 Å². The highest BCUT2D eigenvalue weighted by molar-refractivity contribution is 7.98. The van der Waals surface area contributed by atoms with Gasteiger partial charge < -0.3 is 9.64 Å². The third-order valence-corrected chi connectivity index (χ3v) is 5.84. The molecule has 0 saturated carbocycles. The summed E-state index contributed by atoms with van der Waals surface area (Å²) in [7, 11) is 2.12. The Morgan fingerprint density at radius 2 is 1.82 bits per heavy atom. The first kappa shape index (κ1) is 22.5. The predicted octanol–water partition coefficient (Wildman–Crippen LogP) is 5.42. The zero-order valence-electron chi connectivity index (χ0n) is 16.5. The van der Waals surface area contributed by atoms with Crippen LogP contribution in [0.1, 0.15) is 36.5 Å². The summed E-state index contributed by atoms with van der Waals surface area (Å²) < 4.78 is 5.00. The fourth-order valence-electron chi connectivity index (χ4n) is 3.34. The molecule has 5 heteroatoms. The van der Waals surface area contributed by atoms with Gasteiger partial charge in [-0.1, -0.05) is 48.5 Å². The molecule has 0 amide bonds. The molecule has 0 aliphatic carbocycles. The summed E-state index contributed by atoms with van der Waals surface area (Å²) in [6.45, 7) is 3.87. The van der Waals surface area contributed by atoms with Crippen molar-refractivity contribution in [2.75, 3.05) is 26.7 Å². The lowest BCUT2D eigenvalue weighted by atomic mass is 9.93. The van der Waals surface area contributed by atoms with Gasteiger partial charge in [0.05, 0.1) is 6.61 Å². The van der Waals surface area contributed by atoms with Crippen LogP contribution in [0.4, 0.5) is 0 Å². The quantitative estimate of drug-likeness (QED) is 0.444. The summed E-state index contributed by atoms with van der Waals surface area (Å²) >= 11 is 1.92. The van der Waals surface area contributed by atoms with Gasteiger partial charge in [0.1, 0.15) is 0 Å². The number of hydrogen-bond donors (Lipinski definition) is 0. The maximum atomic E-state index is 10.8. The molecule has 1 aliphatic rings. The summed E-state index contributed by atoms with van der Waals surface area (Å²) in [6, 6.07) is 17.4.